The van der Waals surface area contributed by atoms with Crippen molar-refractivity contribution in [3.8, 4) is 5.75 Å². The molecular formula is C23H30N2O3. The highest BCUT2D eigenvalue weighted by atomic mass is 16.5. The van der Waals surface area contributed by atoms with E-state index in [0.29, 0.717) is 18.8 Å². The molecule has 5 nitrogen and oxygen atoms in total. The molecule has 28 heavy (non-hydrogen) atoms. The number of nitrogens with one attached hydrogen (secondary N) is 1. The summed E-state index contributed by atoms with van der Waals surface area (Å²) in [5, 5.41) is 2.79. The van der Waals surface area contributed by atoms with E-state index in [4.69, 9.17) is 4.74 Å². The first-order valence-corrected chi connectivity index (χ1v) is 9.65. The summed E-state index contributed by atoms with van der Waals surface area (Å²) < 4.78 is 5.78. The van der Waals surface area contributed by atoms with Crippen LogP contribution in [0, 0.1) is 20.8 Å². The molecule has 2 rings (SSSR count). The SMILES string of the molecule is CCNC(=O)[C@H](C)N(Cc1ccc(C)cc1)C(=O)COc1cccc(C)c1C. The van der Waals surface area contributed by atoms with Crippen LogP contribution >= 0.6 is 0 Å². The van der Waals surface area contributed by atoms with E-state index in [9.17, 15) is 9.59 Å². The van der Waals surface area contributed by atoms with Crippen LogP contribution in [0.2, 0.25) is 0 Å². The zero-order valence-electron chi connectivity index (χ0n) is 17.4. The van der Waals surface area contributed by atoms with Crippen LogP contribution in [0.3, 0.4) is 0 Å². The summed E-state index contributed by atoms with van der Waals surface area (Å²) in [5.41, 5.74) is 4.24. The quantitative estimate of drug-likeness (QED) is 0.760. The van der Waals surface area contributed by atoms with E-state index < -0.39 is 6.04 Å². The first-order valence-electron chi connectivity index (χ1n) is 9.65. The van der Waals surface area contributed by atoms with Crippen molar-refractivity contribution < 1.29 is 14.3 Å². The maximum Gasteiger partial charge on any atom is 0.261 e. The second-order valence-electron chi connectivity index (χ2n) is 7.06. The van der Waals surface area contributed by atoms with Crippen molar-refractivity contribution in [2.24, 2.45) is 0 Å². The van der Waals surface area contributed by atoms with E-state index in [1.54, 1.807) is 11.8 Å². The molecule has 0 heterocycles. The number of aryl methyl sites for hydroxylation is 2. The number of amides is 2. The van der Waals surface area contributed by atoms with E-state index in [1.165, 1.54) is 0 Å². The Morgan fingerprint density at radius 2 is 1.75 bits per heavy atom. The summed E-state index contributed by atoms with van der Waals surface area (Å²) in [5.74, 6) is 0.296. The Hall–Kier alpha value is -2.82. The predicted molar refractivity (Wildman–Crippen MR) is 111 cm³/mol. The van der Waals surface area contributed by atoms with Crippen LogP contribution in [0.25, 0.3) is 0 Å². The molecule has 2 aromatic carbocycles. The number of carbonyl (C=O) groups is 2. The van der Waals surface area contributed by atoms with Crippen LogP contribution in [-0.4, -0.2) is 35.9 Å². The fraction of sp³-hybridized carbons (Fsp3) is 0.391. The number of hydrogen-bond acceptors (Lipinski definition) is 3. The van der Waals surface area contributed by atoms with Crippen LogP contribution in [0.15, 0.2) is 42.5 Å². The Labute approximate surface area is 167 Å². The second kappa shape index (κ2) is 9.93. The molecule has 5 heteroatoms. The molecule has 0 aromatic heterocycles. The molecule has 0 unspecified atom stereocenters. The van der Waals surface area contributed by atoms with Crippen LogP contribution < -0.4 is 10.1 Å². The van der Waals surface area contributed by atoms with Gasteiger partial charge in [0.2, 0.25) is 5.91 Å². The van der Waals surface area contributed by atoms with Gasteiger partial charge in [0.05, 0.1) is 0 Å². The number of rotatable bonds is 8. The van der Waals surface area contributed by atoms with Gasteiger partial charge in [0.25, 0.3) is 5.91 Å². The lowest BCUT2D eigenvalue weighted by molar-refractivity contribution is -0.142. The Kier molecular flexibility index (Phi) is 7.61. The standard InChI is InChI=1S/C23H30N2O3/c1-6-24-23(27)19(5)25(14-20-12-10-16(2)11-13-20)22(26)15-28-21-9-7-8-17(3)18(21)4/h7-13,19H,6,14-15H2,1-5H3,(H,24,27)/t19-/m0/s1. The fourth-order valence-electron chi connectivity index (χ4n) is 2.90. The van der Waals surface area contributed by atoms with Crippen LogP contribution in [0.4, 0.5) is 0 Å². The van der Waals surface area contributed by atoms with Crippen molar-refractivity contribution in [2.45, 2.75) is 47.2 Å². The van der Waals surface area contributed by atoms with Crippen molar-refractivity contribution in [3.63, 3.8) is 0 Å². The molecule has 0 saturated carbocycles. The van der Waals surface area contributed by atoms with Crippen molar-refractivity contribution in [2.75, 3.05) is 13.2 Å². The normalized spacial score (nSPS) is 11.6. The minimum atomic E-state index is -0.587. The van der Waals surface area contributed by atoms with Crippen molar-refractivity contribution in [3.05, 3.63) is 64.7 Å². The Balaban J connectivity index is 2.16. The van der Waals surface area contributed by atoms with E-state index in [2.05, 4.69) is 5.32 Å². The molecule has 2 aromatic rings. The molecule has 1 N–H and O–H groups in total. The molecule has 0 saturated heterocycles. The molecule has 0 radical (unpaired) electrons. The summed E-state index contributed by atoms with van der Waals surface area (Å²) in [4.78, 5) is 26.9. The summed E-state index contributed by atoms with van der Waals surface area (Å²) in [6.07, 6.45) is 0. The Morgan fingerprint density at radius 1 is 1.07 bits per heavy atom. The van der Waals surface area contributed by atoms with E-state index in [0.717, 1.165) is 22.3 Å². The van der Waals surface area contributed by atoms with Gasteiger partial charge in [-0.2, -0.15) is 0 Å². The number of benzene rings is 2. The van der Waals surface area contributed by atoms with Gasteiger partial charge in [-0.25, -0.2) is 0 Å². The highest BCUT2D eigenvalue weighted by Gasteiger charge is 2.26. The molecule has 1 atom stereocenters. The smallest absolute Gasteiger partial charge is 0.261 e. The molecule has 0 bridgehead atoms. The van der Waals surface area contributed by atoms with Crippen molar-refractivity contribution >= 4 is 11.8 Å². The molecule has 0 spiro atoms. The number of likely N-dealkylation sites (N-methyl/N-ethyl adjacent to an activating group) is 1. The van der Waals surface area contributed by atoms with Gasteiger partial charge in [0.15, 0.2) is 6.61 Å². The number of ether oxygens (including phenoxy) is 1. The van der Waals surface area contributed by atoms with Crippen molar-refractivity contribution in [1.29, 1.82) is 0 Å². The molecular weight excluding hydrogens is 352 g/mol. The zero-order valence-corrected chi connectivity index (χ0v) is 17.4. The lowest BCUT2D eigenvalue weighted by Gasteiger charge is -2.28. The third-order valence-electron chi connectivity index (χ3n) is 4.90. The van der Waals surface area contributed by atoms with Gasteiger partial charge in [0, 0.05) is 13.1 Å². The summed E-state index contributed by atoms with van der Waals surface area (Å²) in [6, 6.07) is 13.1. The highest BCUT2D eigenvalue weighted by molar-refractivity contribution is 5.87. The van der Waals surface area contributed by atoms with E-state index >= 15 is 0 Å². The third-order valence-corrected chi connectivity index (χ3v) is 4.90. The first kappa shape index (κ1) is 21.5. The predicted octanol–water partition coefficient (Wildman–Crippen LogP) is 3.54. The summed E-state index contributed by atoms with van der Waals surface area (Å²) in [7, 11) is 0. The van der Waals surface area contributed by atoms with Gasteiger partial charge < -0.3 is 15.0 Å². The lowest BCUT2D eigenvalue weighted by atomic mass is 10.1. The van der Waals surface area contributed by atoms with Gasteiger partial charge in [0.1, 0.15) is 11.8 Å². The molecule has 150 valence electrons. The van der Waals surface area contributed by atoms with Crippen LogP contribution in [0.1, 0.15) is 36.1 Å². The van der Waals surface area contributed by atoms with Crippen molar-refractivity contribution in [1.82, 2.24) is 10.2 Å². The van der Waals surface area contributed by atoms with E-state index in [-0.39, 0.29) is 18.4 Å². The van der Waals surface area contributed by atoms with Gasteiger partial charge in [-0.05, 0) is 57.4 Å². The highest BCUT2D eigenvalue weighted by Crippen LogP contribution is 2.21. The maximum absolute atomic E-state index is 13.0. The van der Waals surface area contributed by atoms with Gasteiger partial charge in [-0.3, -0.25) is 9.59 Å². The molecule has 0 aliphatic heterocycles. The van der Waals surface area contributed by atoms with E-state index in [1.807, 2.05) is 70.2 Å². The largest absolute Gasteiger partial charge is 0.483 e. The van der Waals surface area contributed by atoms with Gasteiger partial charge in [-0.15, -0.1) is 0 Å². The zero-order chi connectivity index (χ0) is 20.7. The fourth-order valence-corrected chi connectivity index (χ4v) is 2.90. The van der Waals surface area contributed by atoms with Gasteiger partial charge in [-0.1, -0.05) is 42.0 Å². The topological polar surface area (TPSA) is 58.6 Å². The second-order valence-corrected chi connectivity index (χ2v) is 7.06. The first-order chi connectivity index (χ1) is 13.3. The maximum atomic E-state index is 13.0. The third kappa shape index (κ3) is 5.59. The summed E-state index contributed by atoms with van der Waals surface area (Å²) in [6.45, 7) is 10.4. The van der Waals surface area contributed by atoms with Crippen LogP contribution in [-0.2, 0) is 16.1 Å². The molecule has 0 fully saturated rings. The average Bonchev–Trinajstić information content (AvgIpc) is 2.68. The lowest BCUT2D eigenvalue weighted by Crippen LogP contribution is -2.49. The Bertz CT molecular complexity index is 815. The minimum absolute atomic E-state index is 0.111. The monoisotopic (exact) mass is 382 g/mol. The van der Waals surface area contributed by atoms with Gasteiger partial charge >= 0.3 is 0 Å². The molecule has 0 aliphatic carbocycles. The minimum Gasteiger partial charge on any atom is -0.483 e. The average molecular weight is 383 g/mol. The molecule has 0 aliphatic rings. The molecule has 2 amide bonds. The number of nitrogens with zero attached hydrogens (tertiary/aromatic N) is 1. The Morgan fingerprint density at radius 3 is 2.39 bits per heavy atom. The number of hydrogen-bond donors (Lipinski definition) is 1. The van der Waals surface area contributed by atoms with Crippen LogP contribution in [0.5, 0.6) is 5.75 Å². The summed E-state index contributed by atoms with van der Waals surface area (Å²) >= 11 is 0. The number of carbonyl (C=O) groups excluding carboxylic acids is 2.